The lowest BCUT2D eigenvalue weighted by Crippen LogP contribution is -2.39. The van der Waals surface area contributed by atoms with E-state index in [1.54, 1.807) is 25.2 Å². The number of hydrogen-bond acceptors (Lipinski definition) is 4. The van der Waals surface area contributed by atoms with E-state index in [1.807, 2.05) is 12.3 Å². The van der Waals surface area contributed by atoms with Crippen molar-refractivity contribution in [3.8, 4) is 0 Å². The van der Waals surface area contributed by atoms with Gasteiger partial charge in [-0.15, -0.1) is 0 Å². The summed E-state index contributed by atoms with van der Waals surface area (Å²) in [5.41, 5.74) is 1.22. The molecule has 0 aromatic carbocycles. The van der Waals surface area contributed by atoms with Gasteiger partial charge >= 0.3 is 0 Å². The lowest BCUT2D eigenvalue weighted by Gasteiger charge is -2.24. The SMILES string of the molecule is CN(C)C(=O)CN1CCOC[C@@H](Cc2cccnc2)C1. The fraction of sp³-hybridized carbons (Fsp3) is 0.600. The molecular weight excluding hydrogens is 254 g/mol. The van der Waals surface area contributed by atoms with E-state index in [2.05, 4.69) is 16.0 Å². The van der Waals surface area contributed by atoms with Crippen LogP contribution < -0.4 is 0 Å². The second-order valence-electron chi connectivity index (χ2n) is 5.53. The quantitative estimate of drug-likeness (QED) is 0.811. The first-order valence-corrected chi connectivity index (χ1v) is 7.04. The molecule has 1 aromatic heterocycles. The number of amides is 1. The number of hydrogen-bond donors (Lipinski definition) is 0. The molecule has 1 aliphatic heterocycles. The summed E-state index contributed by atoms with van der Waals surface area (Å²) in [4.78, 5) is 19.8. The van der Waals surface area contributed by atoms with Crippen LogP contribution >= 0.6 is 0 Å². The van der Waals surface area contributed by atoms with Crippen LogP contribution in [0.3, 0.4) is 0 Å². The number of likely N-dealkylation sites (N-methyl/N-ethyl adjacent to an activating group) is 1. The molecule has 1 atom stereocenters. The van der Waals surface area contributed by atoms with Crippen LogP contribution in [0.4, 0.5) is 0 Å². The van der Waals surface area contributed by atoms with Crippen LogP contribution in [0.1, 0.15) is 5.56 Å². The first kappa shape index (κ1) is 14.9. The molecule has 1 saturated heterocycles. The molecule has 20 heavy (non-hydrogen) atoms. The highest BCUT2D eigenvalue weighted by atomic mass is 16.5. The molecule has 0 radical (unpaired) electrons. The maximum absolute atomic E-state index is 11.8. The molecule has 0 N–H and O–H groups in total. The Kier molecular flexibility index (Phi) is 5.49. The number of carbonyl (C=O) groups is 1. The lowest BCUT2D eigenvalue weighted by molar-refractivity contribution is -0.129. The zero-order valence-electron chi connectivity index (χ0n) is 12.3. The van der Waals surface area contributed by atoms with E-state index >= 15 is 0 Å². The van der Waals surface area contributed by atoms with Crippen molar-refractivity contribution >= 4 is 5.91 Å². The Balaban J connectivity index is 1.91. The van der Waals surface area contributed by atoms with Crippen molar-refractivity contribution in [3.63, 3.8) is 0 Å². The van der Waals surface area contributed by atoms with Gasteiger partial charge in [0.15, 0.2) is 0 Å². The van der Waals surface area contributed by atoms with Crippen molar-refractivity contribution in [1.82, 2.24) is 14.8 Å². The molecule has 2 rings (SSSR count). The summed E-state index contributed by atoms with van der Waals surface area (Å²) < 4.78 is 5.66. The summed E-state index contributed by atoms with van der Waals surface area (Å²) in [5.74, 6) is 0.559. The molecule has 110 valence electrons. The van der Waals surface area contributed by atoms with Gasteiger partial charge in [0.25, 0.3) is 0 Å². The van der Waals surface area contributed by atoms with E-state index in [1.165, 1.54) is 5.56 Å². The molecule has 1 fully saturated rings. The van der Waals surface area contributed by atoms with Gasteiger partial charge in [-0.05, 0) is 24.0 Å². The summed E-state index contributed by atoms with van der Waals surface area (Å²) >= 11 is 0. The fourth-order valence-corrected chi connectivity index (χ4v) is 2.40. The molecule has 2 heterocycles. The van der Waals surface area contributed by atoms with E-state index in [0.29, 0.717) is 19.1 Å². The molecular formula is C15H23N3O2. The Bertz CT molecular complexity index is 422. The summed E-state index contributed by atoms with van der Waals surface area (Å²) in [5, 5.41) is 0. The first-order chi connectivity index (χ1) is 9.65. The normalized spacial score (nSPS) is 20.4. The second-order valence-corrected chi connectivity index (χ2v) is 5.53. The third kappa shape index (κ3) is 4.58. The van der Waals surface area contributed by atoms with Crippen molar-refractivity contribution in [2.45, 2.75) is 6.42 Å². The Labute approximate surface area is 120 Å². The van der Waals surface area contributed by atoms with E-state index in [-0.39, 0.29) is 5.91 Å². The minimum atomic E-state index is 0.145. The van der Waals surface area contributed by atoms with Crippen LogP contribution in [0.15, 0.2) is 24.5 Å². The number of rotatable bonds is 4. The molecule has 5 heteroatoms. The van der Waals surface area contributed by atoms with E-state index < -0.39 is 0 Å². The molecule has 1 aliphatic rings. The van der Waals surface area contributed by atoms with Gasteiger partial charge in [0.1, 0.15) is 0 Å². The van der Waals surface area contributed by atoms with Crippen molar-refractivity contribution < 1.29 is 9.53 Å². The van der Waals surface area contributed by atoms with Crippen molar-refractivity contribution in [3.05, 3.63) is 30.1 Å². The number of carbonyl (C=O) groups excluding carboxylic acids is 1. The van der Waals surface area contributed by atoms with Gasteiger partial charge in [-0.3, -0.25) is 14.7 Å². The van der Waals surface area contributed by atoms with Crippen LogP contribution in [0.25, 0.3) is 0 Å². The summed E-state index contributed by atoms with van der Waals surface area (Å²) in [7, 11) is 3.59. The van der Waals surface area contributed by atoms with E-state index in [4.69, 9.17) is 4.74 Å². The Morgan fingerprint density at radius 2 is 2.40 bits per heavy atom. The Morgan fingerprint density at radius 1 is 1.55 bits per heavy atom. The van der Waals surface area contributed by atoms with Gasteiger partial charge in [0.2, 0.25) is 5.91 Å². The van der Waals surface area contributed by atoms with Crippen LogP contribution in [-0.4, -0.2) is 67.6 Å². The topological polar surface area (TPSA) is 45.7 Å². The van der Waals surface area contributed by atoms with Gasteiger partial charge in [-0.25, -0.2) is 0 Å². The van der Waals surface area contributed by atoms with Crippen LogP contribution in [0.2, 0.25) is 0 Å². The summed E-state index contributed by atoms with van der Waals surface area (Å²) in [6.07, 6.45) is 4.63. The van der Waals surface area contributed by atoms with Gasteiger partial charge in [-0.2, -0.15) is 0 Å². The maximum atomic E-state index is 11.8. The van der Waals surface area contributed by atoms with Crippen LogP contribution in [-0.2, 0) is 16.0 Å². The van der Waals surface area contributed by atoms with Crippen molar-refractivity contribution in [2.75, 3.05) is 46.9 Å². The maximum Gasteiger partial charge on any atom is 0.236 e. The minimum Gasteiger partial charge on any atom is -0.380 e. The van der Waals surface area contributed by atoms with E-state index in [9.17, 15) is 4.79 Å². The predicted octanol–water partition coefficient (Wildman–Crippen LogP) is 0.661. The second kappa shape index (κ2) is 7.36. The smallest absolute Gasteiger partial charge is 0.236 e. The first-order valence-electron chi connectivity index (χ1n) is 7.04. The average molecular weight is 277 g/mol. The van der Waals surface area contributed by atoms with Crippen molar-refractivity contribution in [2.24, 2.45) is 5.92 Å². The third-order valence-electron chi connectivity index (χ3n) is 3.53. The van der Waals surface area contributed by atoms with Gasteiger partial charge in [-0.1, -0.05) is 6.07 Å². The fourth-order valence-electron chi connectivity index (χ4n) is 2.40. The van der Waals surface area contributed by atoms with Crippen molar-refractivity contribution in [1.29, 1.82) is 0 Å². The molecule has 1 amide bonds. The largest absolute Gasteiger partial charge is 0.380 e. The van der Waals surface area contributed by atoms with Gasteiger partial charge < -0.3 is 9.64 Å². The van der Waals surface area contributed by atoms with Gasteiger partial charge in [0, 0.05) is 39.6 Å². The monoisotopic (exact) mass is 277 g/mol. The van der Waals surface area contributed by atoms with Gasteiger partial charge in [0.05, 0.1) is 19.8 Å². The third-order valence-corrected chi connectivity index (χ3v) is 3.53. The number of ether oxygens (including phenoxy) is 1. The average Bonchev–Trinajstić information content (AvgIpc) is 2.65. The zero-order valence-corrected chi connectivity index (χ0v) is 12.3. The predicted molar refractivity (Wildman–Crippen MR) is 77.4 cm³/mol. The minimum absolute atomic E-state index is 0.145. The molecule has 0 saturated carbocycles. The zero-order chi connectivity index (χ0) is 14.4. The summed E-state index contributed by atoms with van der Waals surface area (Å²) in [6.45, 7) is 3.64. The number of nitrogens with zero attached hydrogens (tertiary/aromatic N) is 3. The van der Waals surface area contributed by atoms with Crippen LogP contribution in [0, 0.1) is 5.92 Å². The lowest BCUT2D eigenvalue weighted by atomic mass is 10.0. The number of pyridine rings is 1. The highest BCUT2D eigenvalue weighted by molar-refractivity contribution is 5.77. The highest BCUT2D eigenvalue weighted by Gasteiger charge is 2.21. The molecule has 0 spiro atoms. The number of aromatic nitrogens is 1. The molecule has 0 unspecified atom stereocenters. The Morgan fingerprint density at radius 3 is 3.10 bits per heavy atom. The standard InChI is InChI=1S/C15H23N3O2/c1-17(2)15(19)11-18-6-7-20-12-14(10-18)8-13-4-3-5-16-9-13/h3-5,9,14H,6-8,10-12H2,1-2H3/t14-/m0/s1. The summed E-state index contributed by atoms with van der Waals surface area (Å²) in [6, 6.07) is 4.05. The molecule has 5 nitrogen and oxygen atoms in total. The Hall–Kier alpha value is -1.46. The molecule has 0 aliphatic carbocycles. The highest BCUT2D eigenvalue weighted by Crippen LogP contribution is 2.13. The molecule has 1 aromatic rings. The van der Waals surface area contributed by atoms with Crippen LogP contribution in [0.5, 0.6) is 0 Å². The molecule has 0 bridgehead atoms. The van der Waals surface area contributed by atoms with E-state index in [0.717, 1.165) is 26.1 Å².